The van der Waals surface area contributed by atoms with Crippen LogP contribution in [-0.2, 0) is 4.74 Å². The van der Waals surface area contributed by atoms with Crippen LogP contribution < -0.4 is 5.32 Å². The van der Waals surface area contributed by atoms with E-state index < -0.39 is 0 Å². The molecule has 1 rings (SSSR count). The fourth-order valence-electron chi connectivity index (χ4n) is 2.89. The average Bonchev–Trinajstić information content (AvgIpc) is 2.41. The Balaban J connectivity index is 2.57. The molecule has 0 fully saturated rings. The Hall–Kier alpha value is -0.340. The Morgan fingerprint density at radius 1 is 1.29 bits per heavy atom. The second-order valence-electron chi connectivity index (χ2n) is 5.13. The molecule has 0 amide bonds. The van der Waals surface area contributed by atoms with Crippen molar-refractivity contribution in [2.24, 2.45) is 5.41 Å². The van der Waals surface area contributed by atoms with Crippen molar-refractivity contribution in [3.8, 4) is 0 Å². The van der Waals surface area contributed by atoms with E-state index in [1.165, 1.54) is 38.5 Å². The number of ether oxygens (including phenoxy) is 1. The van der Waals surface area contributed by atoms with Crippen LogP contribution in [0, 0.1) is 5.41 Å². The molecule has 0 atom stereocenters. The van der Waals surface area contributed by atoms with E-state index in [1.807, 2.05) is 0 Å². The predicted molar refractivity (Wildman–Crippen MR) is 74.3 cm³/mol. The van der Waals surface area contributed by atoms with Gasteiger partial charge in [0.25, 0.3) is 0 Å². The second-order valence-corrected chi connectivity index (χ2v) is 5.13. The first-order chi connectivity index (χ1) is 8.29. The van der Waals surface area contributed by atoms with Crippen molar-refractivity contribution >= 4 is 0 Å². The van der Waals surface area contributed by atoms with Crippen molar-refractivity contribution in [1.29, 1.82) is 0 Å². The molecule has 0 saturated heterocycles. The minimum absolute atomic E-state index is 0.397. The summed E-state index contributed by atoms with van der Waals surface area (Å²) in [6, 6.07) is 0. The van der Waals surface area contributed by atoms with Crippen LogP contribution in [0.15, 0.2) is 11.6 Å². The quantitative estimate of drug-likeness (QED) is 0.517. The molecule has 17 heavy (non-hydrogen) atoms. The van der Waals surface area contributed by atoms with Gasteiger partial charge in [-0.25, -0.2) is 0 Å². The highest BCUT2D eigenvalue weighted by molar-refractivity contribution is 5.17. The second kappa shape index (κ2) is 7.88. The normalized spacial score (nSPS) is 17.0. The van der Waals surface area contributed by atoms with Crippen molar-refractivity contribution in [3.05, 3.63) is 11.6 Å². The summed E-state index contributed by atoms with van der Waals surface area (Å²) >= 11 is 0. The van der Waals surface area contributed by atoms with Gasteiger partial charge < -0.3 is 10.1 Å². The topological polar surface area (TPSA) is 21.3 Å². The molecule has 1 aliphatic carbocycles. The highest BCUT2D eigenvalue weighted by atomic mass is 16.5. The van der Waals surface area contributed by atoms with E-state index in [0.717, 1.165) is 19.7 Å². The zero-order valence-electron chi connectivity index (χ0n) is 11.8. The zero-order chi connectivity index (χ0) is 12.6. The Kier molecular flexibility index (Phi) is 6.83. The molecule has 1 aliphatic rings. The molecule has 2 heteroatoms. The molecule has 0 spiro atoms. The molecular formula is C15H29NO. The van der Waals surface area contributed by atoms with Crippen LogP contribution in [0.1, 0.15) is 52.4 Å². The minimum atomic E-state index is 0.397. The first-order valence-electron chi connectivity index (χ1n) is 7.18. The molecule has 0 bridgehead atoms. The van der Waals surface area contributed by atoms with Gasteiger partial charge in [0, 0.05) is 25.6 Å². The lowest BCUT2D eigenvalue weighted by Crippen LogP contribution is -2.37. The van der Waals surface area contributed by atoms with E-state index in [2.05, 4.69) is 25.2 Å². The third kappa shape index (κ3) is 4.11. The van der Waals surface area contributed by atoms with E-state index in [0.29, 0.717) is 5.41 Å². The molecule has 0 aromatic rings. The molecule has 100 valence electrons. The summed E-state index contributed by atoms with van der Waals surface area (Å²) in [5.74, 6) is 0. The Bertz CT molecular complexity index is 231. The highest BCUT2D eigenvalue weighted by Gasteiger charge is 2.30. The maximum absolute atomic E-state index is 5.09. The number of hydrogen-bond donors (Lipinski definition) is 1. The summed E-state index contributed by atoms with van der Waals surface area (Å²) in [7, 11) is 1.76. The fraction of sp³-hybridized carbons (Fsp3) is 0.867. The standard InChI is InChI=1S/C15H29NO/c1-4-15(5-2,13-16-11-12-17-3)14-9-7-6-8-10-14/h9,16H,4-8,10-13H2,1-3H3. The Morgan fingerprint density at radius 2 is 2.06 bits per heavy atom. The van der Waals surface area contributed by atoms with Gasteiger partial charge in [0.2, 0.25) is 0 Å². The summed E-state index contributed by atoms with van der Waals surface area (Å²) in [6.07, 6.45) is 10.4. The fourth-order valence-corrected chi connectivity index (χ4v) is 2.89. The Morgan fingerprint density at radius 3 is 2.59 bits per heavy atom. The maximum atomic E-state index is 5.09. The van der Waals surface area contributed by atoms with Crippen molar-refractivity contribution in [2.75, 3.05) is 26.8 Å². The van der Waals surface area contributed by atoms with Crippen LogP contribution in [0.4, 0.5) is 0 Å². The van der Waals surface area contributed by atoms with Crippen LogP contribution in [0.2, 0.25) is 0 Å². The molecule has 0 heterocycles. The lowest BCUT2D eigenvalue weighted by atomic mass is 9.71. The lowest BCUT2D eigenvalue weighted by Gasteiger charge is -2.36. The zero-order valence-corrected chi connectivity index (χ0v) is 11.8. The molecule has 1 N–H and O–H groups in total. The molecular weight excluding hydrogens is 210 g/mol. The maximum Gasteiger partial charge on any atom is 0.0587 e. The molecule has 0 unspecified atom stereocenters. The molecule has 0 aromatic carbocycles. The van der Waals surface area contributed by atoms with E-state index in [-0.39, 0.29) is 0 Å². The van der Waals surface area contributed by atoms with E-state index in [1.54, 1.807) is 12.7 Å². The summed E-state index contributed by atoms with van der Waals surface area (Å²) in [4.78, 5) is 0. The third-order valence-electron chi connectivity index (χ3n) is 4.27. The first-order valence-corrected chi connectivity index (χ1v) is 7.18. The van der Waals surface area contributed by atoms with E-state index in [4.69, 9.17) is 4.74 Å². The Labute approximate surface area is 107 Å². The van der Waals surface area contributed by atoms with E-state index in [9.17, 15) is 0 Å². The highest BCUT2D eigenvalue weighted by Crippen LogP contribution is 2.39. The van der Waals surface area contributed by atoms with E-state index >= 15 is 0 Å². The number of hydrogen-bond acceptors (Lipinski definition) is 2. The molecule has 0 radical (unpaired) electrons. The van der Waals surface area contributed by atoms with Crippen LogP contribution in [0.3, 0.4) is 0 Å². The van der Waals surface area contributed by atoms with Crippen LogP contribution in [-0.4, -0.2) is 26.8 Å². The lowest BCUT2D eigenvalue weighted by molar-refractivity contribution is 0.191. The SMILES string of the molecule is CCC(CC)(CNCCOC)C1=CCCCC1. The van der Waals surface area contributed by atoms with Crippen molar-refractivity contribution in [3.63, 3.8) is 0 Å². The smallest absolute Gasteiger partial charge is 0.0587 e. The van der Waals surface area contributed by atoms with Gasteiger partial charge in [-0.05, 0) is 38.5 Å². The predicted octanol–water partition coefficient (Wildman–Crippen LogP) is 3.53. The summed E-state index contributed by atoms with van der Waals surface area (Å²) in [5, 5.41) is 3.56. The minimum Gasteiger partial charge on any atom is -0.383 e. The van der Waals surface area contributed by atoms with Gasteiger partial charge in [-0.2, -0.15) is 0 Å². The van der Waals surface area contributed by atoms with Gasteiger partial charge in [-0.1, -0.05) is 25.5 Å². The van der Waals surface area contributed by atoms with Gasteiger partial charge in [-0.15, -0.1) is 0 Å². The van der Waals surface area contributed by atoms with Crippen molar-refractivity contribution < 1.29 is 4.74 Å². The van der Waals surface area contributed by atoms with Gasteiger partial charge in [0.05, 0.1) is 6.61 Å². The van der Waals surface area contributed by atoms with Crippen LogP contribution >= 0.6 is 0 Å². The molecule has 2 nitrogen and oxygen atoms in total. The largest absolute Gasteiger partial charge is 0.383 e. The number of methoxy groups -OCH3 is 1. The molecule has 0 aromatic heterocycles. The van der Waals surface area contributed by atoms with Crippen molar-refractivity contribution in [1.82, 2.24) is 5.32 Å². The average molecular weight is 239 g/mol. The van der Waals surface area contributed by atoms with Gasteiger partial charge in [0.1, 0.15) is 0 Å². The summed E-state index contributed by atoms with van der Waals surface area (Å²) in [6.45, 7) is 7.54. The number of allylic oxidation sites excluding steroid dienone is 1. The summed E-state index contributed by atoms with van der Waals surface area (Å²) in [5.41, 5.74) is 2.10. The monoisotopic (exact) mass is 239 g/mol. The van der Waals surface area contributed by atoms with Gasteiger partial charge in [-0.3, -0.25) is 0 Å². The molecule has 0 saturated carbocycles. The number of rotatable bonds is 8. The van der Waals surface area contributed by atoms with Crippen LogP contribution in [0.5, 0.6) is 0 Å². The van der Waals surface area contributed by atoms with Crippen LogP contribution in [0.25, 0.3) is 0 Å². The van der Waals surface area contributed by atoms with Crippen molar-refractivity contribution in [2.45, 2.75) is 52.4 Å². The summed E-state index contributed by atoms with van der Waals surface area (Å²) < 4.78 is 5.09. The number of nitrogens with one attached hydrogen (secondary N) is 1. The van der Waals surface area contributed by atoms with Gasteiger partial charge >= 0.3 is 0 Å². The third-order valence-corrected chi connectivity index (χ3v) is 4.27. The molecule has 0 aliphatic heterocycles. The first kappa shape index (κ1) is 14.7. The van der Waals surface area contributed by atoms with Gasteiger partial charge in [0.15, 0.2) is 0 Å².